The normalized spacial score (nSPS) is 13.8. The van der Waals surface area contributed by atoms with Crippen LogP contribution in [0.3, 0.4) is 0 Å². The van der Waals surface area contributed by atoms with E-state index in [2.05, 4.69) is 53.2 Å². The van der Waals surface area contributed by atoms with Gasteiger partial charge in [0.2, 0.25) is 0 Å². The predicted molar refractivity (Wildman–Crippen MR) is 69.4 cm³/mol. The van der Waals surface area contributed by atoms with Crippen LogP contribution in [0.4, 0.5) is 0 Å². The number of halogens is 3. The Morgan fingerprint density at radius 1 is 1.67 bits per heavy atom. The third-order valence-corrected chi connectivity index (χ3v) is 1.42. The molecule has 0 heterocycles. The fourth-order valence-corrected chi connectivity index (χ4v) is 0.494. The molecule has 0 spiro atoms. The van der Waals surface area contributed by atoms with Crippen molar-refractivity contribution in [2.45, 2.75) is 0 Å². The van der Waals surface area contributed by atoms with Crippen LogP contribution in [0.5, 0.6) is 0 Å². The summed E-state index contributed by atoms with van der Waals surface area (Å²) < 4.78 is 18.1. The van der Waals surface area contributed by atoms with E-state index in [9.17, 15) is 9.46 Å². The molecule has 0 aromatic carbocycles. The summed E-state index contributed by atoms with van der Waals surface area (Å²) >= 11 is 5.22. The first-order valence-corrected chi connectivity index (χ1v) is 17.3. The van der Waals surface area contributed by atoms with E-state index in [0.717, 1.165) is 7.11 Å². The van der Waals surface area contributed by atoms with E-state index in [4.69, 9.17) is 0 Å². The van der Waals surface area contributed by atoms with Gasteiger partial charge in [0.1, 0.15) is 0 Å². The summed E-state index contributed by atoms with van der Waals surface area (Å²) in [4.78, 5) is 10.1. The molecule has 0 aliphatic carbocycles. The predicted octanol–water partition coefficient (Wildman–Crippen LogP) is 2.34. The summed E-state index contributed by atoms with van der Waals surface area (Å²) in [5.41, 5.74) is 0. The third kappa shape index (κ3) is 18.6. The molecule has 1 unspecified atom stereocenters. The van der Waals surface area contributed by atoms with Gasteiger partial charge < -0.3 is 20.9 Å². The monoisotopic (exact) mass is 579 g/mol. The average molecular weight is 579 g/mol. The second-order valence-electron chi connectivity index (χ2n) is 1.02. The third-order valence-electron chi connectivity index (χ3n) is 0.473. The summed E-state index contributed by atoms with van der Waals surface area (Å²) in [6.45, 7) is 3.01. The van der Waals surface area contributed by atoms with Gasteiger partial charge in [0.25, 0.3) is 7.82 Å². The fraction of sp³-hybridized carbons (Fsp3) is 0.667. The van der Waals surface area contributed by atoms with Crippen molar-refractivity contribution in [3.63, 3.8) is 0 Å². The topological polar surface area (TPSA) is 58.6 Å². The van der Waals surface area contributed by atoms with Crippen molar-refractivity contribution < 1.29 is 35.3 Å². The zero-order chi connectivity index (χ0) is 9.33. The Balaban J connectivity index is -0.000000177. The molecule has 1 atom stereocenters. The smallest absolute Gasteiger partial charge is 0.265 e. The van der Waals surface area contributed by atoms with Gasteiger partial charge in [-0.25, -0.2) is 0 Å². The van der Waals surface area contributed by atoms with Crippen molar-refractivity contribution in [2.24, 2.45) is 0 Å². The van der Waals surface area contributed by atoms with E-state index in [1.54, 1.807) is 0 Å². The van der Waals surface area contributed by atoms with Gasteiger partial charge in [-0.05, 0) is 0 Å². The van der Waals surface area contributed by atoms with Gasteiger partial charge in [0.05, 0.1) is 0 Å². The van der Waals surface area contributed by atoms with Crippen LogP contribution >= 0.6 is 58.3 Å². The van der Waals surface area contributed by atoms with Crippen LogP contribution in [0.25, 0.3) is 0 Å². The molecule has 0 aromatic rings. The summed E-state index contributed by atoms with van der Waals surface area (Å²) in [6.07, 6.45) is 0. The van der Waals surface area contributed by atoms with Crippen molar-refractivity contribution in [1.29, 1.82) is 0 Å². The average Bonchev–Trinajstić information content (AvgIpc) is 1.90. The largest absolute Gasteiger partial charge is 0.756 e. The Labute approximate surface area is 112 Å². The molecule has 9 heteroatoms. The number of rotatable bonds is 3. The van der Waals surface area contributed by atoms with Gasteiger partial charge in [0.15, 0.2) is 0 Å². The van der Waals surface area contributed by atoms with Gasteiger partial charge in [-0.1, -0.05) is 6.61 Å². The summed E-state index contributed by atoms with van der Waals surface area (Å²) in [7, 11) is -2.95. The molecule has 0 aliphatic heterocycles. The Morgan fingerprint density at radius 3 is 2.08 bits per heavy atom. The second kappa shape index (κ2) is 13.8. The maximum Gasteiger partial charge on any atom is 0.265 e. The molecule has 81 valence electrons. The zero-order valence-electron chi connectivity index (χ0n) is 5.99. The molecule has 1 radical (unpaired) electrons. The molecule has 4 nitrogen and oxygen atoms in total. The fourth-order valence-electron chi connectivity index (χ4n) is 0.165. The molecule has 12 heavy (non-hydrogen) atoms. The van der Waals surface area contributed by atoms with Crippen LogP contribution in [-0.4, -0.2) is 13.7 Å². The standard InChI is InChI=1S/C3H8O4P.Co.HI3/c1-3-7-8(4,5)6-2;;1-3-2/h1,3H2,2H3,(H,4,5);;3H/q-1;;/p-1. The molecule has 0 saturated heterocycles. The Hall–Kier alpha value is 2.81. The first-order chi connectivity index (χ1) is 5.04. The van der Waals surface area contributed by atoms with Crippen LogP contribution in [0.15, 0.2) is 0 Å². The number of phosphoric acid groups is 1. The molecular formula is C3H8CoI3O4P-2. The summed E-state index contributed by atoms with van der Waals surface area (Å²) in [5.74, 6) is 0. The van der Waals surface area contributed by atoms with Gasteiger partial charge in [-0.15, -0.1) is 0 Å². The van der Waals surface area contributed by atoms with E-state index >= 15 is 0 Å². The molecule has 0 aromatic heterocycles. The van der Waals surface area contributed by atoms with E-state index in [1.807, 2.05) is 0 Å². The minimum absolute atomic E-state index is 0. The van der Waals surface area contributed by atoms with Crippen molar-refractivity contribution in [2.75, 3.05) is 13.7 Å². The molecule has 0 amide bonds. The maximum atomic E-state index is 10.1. The minimum atomic E-state index is -3.99. The van der Waals surface area contributed by atoms with Crippen LogP contribution in [-0.2, 0) is 30.4 Å². The van der Waals surface area contributed by atoms with Crippen molar-refractivity contribution in [3.8, 4) is 0 Å². The quantitative estimate of drug-likeness (QED) is 0.293. The SMILES string of the molecule is I[IH]I.[CH2-]COP(=O)([O-])OC.[Co]. The summed E-state index contributed by atoms with van der Waals surface area (Å²) in [6, 6.07) is 0. The molecule has 0 rings (SSSR count). The van der Waals surface area contributed by atoms with Crippen molar-refractivity contribution in [3.05, 3.63) is 6.92 Å². The Kier molecular flexibility index (Phi) is 23.3. The van der Waals surface area contributed by atoms with E-state index in [-0.39, 0.29) is 23.4 Å². The van der Waals surface area contributed by atoms with Crippen LogP contribution in [0.1, 0.15) is 0 Å². The van der Waals surface area contributed by atoms with Crippen LogP contribution in [0, 0.1) is 6.92 Å². The number of hydrogen-bond acceptors (Lipinski definition) is 4. The second-order valence-corrected chi connectivity index (χ2v) is 20.1. The molecule has 0 N–H and O–H groups in total. The molecule has 0 bridgehead atoms. The molecular weight excluding hydrogens is 571 g/mol. The van der Waals surface area contributed by atoms with Crippen LogP contribution < -0.4 is 4.89 Å². The van der Waals surface area contributed by atoms with Gasteiger partial charge in [0, 0.05) is 23.9 Å². The van der Waals surface area contributed by atoms with Gasteiger partial charge in [-0.3, -0.25) is 4.57 Å². The van der Waals surface area contributed by atoms with E-state index in [1.165, 1.54) is 0 Å². The first kappa shape index (κ1) is 20.2. The maximum absolute atomic E-state index is 10.1. The minimum Gasteiger partial charge on any atom is -0.756 e. The van der Waals surface area contributed by atoms with Gasteiger partial charge >= 0.3 is 50.5 Å². The number of phosphoric ester groups is 1. The molecule has 0 aliphatic rings. The Morgan fingerprint density at radius 2 is 2.00 bits per heavy atom. The van der Waals surface area contributed by atoms with E-state index < -0.39 is 7.82 Å². The van der Waals surface area contributed by atoms with Crippen molar-refractivity contribution >= 4 is 58.3 Å². The van der Waals surface area contributed by atoms with Gasteiger partial charge in [-0.2, -0.15) is 0 Å². The summed E-state index contributed by atoms with van der Waals surface area (Å²) in [5, 5.41) is 0. The van der Waals surface area contributed by atoms with E-state index in [0.29, 0.717) is 13.3 Å². The number of hydrogen-bond donors (Lipinski definition) is 0. The Bertz CT molecular complexity index is 126. The van der Waals surface area contributed by atoms with Crippen molar-refractivity contribution in [1.82, 2.24) is 0 Å². The molecule has 0 fully saturated rings. The van der Waals surface area contributed by atoms with Crippen LogP contribution in [0.2, 0.25) is 0 Å². The molecule has 0 saturated carbocycles. The zero-order valence-corrected chi connectivity index (χ0v) is 14.6. The first-order valence-electron chi connectivity index (χ1n) is 2.24.